The summed E-state index contributed by atoms with van der Waals surface area (Å²) in [4.78, 5) is 23.5. The van der Waals surface area contributed by atoms with Crippen LogP contribution in [-0.4, -0.2) is 52.2 Å². The van der Waals surface area contributed by atoms with Crippen LogP contribution in [0, 0.1) is 0 Å². The minimum absolute atomic E-state index is 0.0115. The van der Waals surface area contributed by atoms with Crippen LogP contribution in [0.5, 0.6) is 0 Å². The van der Waals surface area contributed by atoms with Gasteiger partial charge in [-0.15, -0.1) is 0 Å². The Morgan fingerprint density at radius 1 is 1.36 bits per heavy atom. The molecule has 1 fully saturated rings. The van der Waals surface area contributed by atoms with Crippen molar-refractivity contribution in [1.82, 2.24) is 5.32 Å². The fourth-order valence-corrected chi connectivity index (χ4v) is 3.61. The molecule has 0 bridgehead atoms. The third-order valence-electron chi connectivity index (χ3n) is 4.03. The lowest BCUT2D eigenvalue weighted by molar-refractivity contribution is -0.121. The molecule has 0 aromatic heterocycles. The quantitative estimate of drug-likeness (QED) is 0.699. The Kier molecular flexibility index (Phi) is 6.55. The molecule has 0 radical (unpaired) electrons. The first-order valence-electron chi connectivity index (χ1n) is 8.24. The van der Waals surface area contributed by atoms with Gasteiger partial charge in [0.05, 0.1) is 18.0 Å². The van der Waals surface area contributed by atoms with Gasteiger partial charge < -0.3 is 10.1 Å². The number of nitrogens with one attached hydrogen (secondary N) is 1. The summed E-state index contributed by atoms with van der Waals surface area (Å²) < 4.78 is 30.7. The van der Waals surface area contributed by atoms with Crippen molar-refractivity contribution in [2.75, 3.05) is 30.3 Å². The lowest BCUT2D eigenvalue weighted by atomic mass is 10.1. The van der Waals surface area contributed by atoms with Gasteiger partial charge in [-0.05, 0) is 31.9 Å². The lowest BCUT2D eigenvalue weighted by Gasteiger charge is -2.22. The van der Waals surface area contributed by atoms with Crippen LogP contribution < -0.4 is 9.62 Å². The van der Waals surface area contributed by atoms with Crippen molar-refractivity contribution in [3.63, 3.8) is 0 Å². The van der Waals surface area contributed by atoms with Gasteiger partial charge in [0.1, 0.15) is 0 Å². The first-order valence-corrected chi connectivity index (χ1v) is 10.1. The zero-order valence-electron chi connectivity index (χ0n) is 14.5. The highest BCUT2D eigenvalue weighted by molar-refractivity contribution is 7.92. The van der Waals surface area contributed by atoms with Gasteiger partial charge in [-0.1, -0.05) is 12.1 Å². The third-order valence-corrected chi connectivity index (χ3v) is 5.23. The third kappa shape index (κ3) is 5.82. The summed E-state index contributed by atoms with van der Waals surface area (Å²) in [5.41, 5.74) is 0.802. The largest absolute Gasteiger partial charge is 0.376 e. The van der Waals surface area contributed by atoms with E-state index in [4.69, 9.17) is 4.74 Å². The van der Waals surface area contributed by atoms with Gasteiger partial charge in [0, 0.05) is 31.7 Å². The molecule has 1 aromatic rings. The number of rotatable bonds is 8. The number of carbonyl (C=O) groups excluding carboxylic acids is 2. The number of carbonyl (C=O) groups is 2. The average molecular weight is 368 g/mol. The second-order valence-corrected chi connectivity index (χ2v) is 8.04. The van der Waals surface area contributed by atoms with Crippen LogP contribution in [0.25, 0.3) is 0 Å². The number of ether oxygens (including phenoxy) is 1. The van der Waals surface area contributed by atoms with Crippen LogP contribution in [0.1, 0.15) is 36.5 Å². The summed E-state index contributed by atoms with van der Waals surface area (Å²) >= 11 is 0. The van der Waals surface area contributed by atoms with Crippen molar-refractivity contribution in [2.45, 2.75) is 32.3 Å². The fraction of sp³-hybridized carbons (Fsp3) is 0.529. The summed E-state index contributed by atoms with van der Waals surface area (Å²) in [5.74, 6) is -0.378. The Balaban J connectivity index is 1.99. The number of ketones is 1. The maximum absolute atomic E-state index is 12.1. The Bertz CT molecular complexity index is 726. The molecule has 138 valence electrons. The Hall–Kier alpha value is -1.93. The predicted molar refractivity (Wildman–Crippen MR) is 95.2 cm³/mol. The summed E-state index contributed by atoms with van der Waals surface area (Å²) in [6.45, 7) is 2.59. The minimum Gasteiger partial charge on any atom is -0.376 e. The van der Waals surface area contributed by atoms with E-state index in [0.29, 0.717) is 17.8 Å². The number of amides is 1. The fourth-order valence-electron chi connectivity index (χ4n) is 2.69. The van der Waals surface area contributed by atoms with Gasteiger partial charge in [0.25, 0.3) is 0 Å². The van der Waals surface area contributed by atoms with Crippen molar-refractivity contribution < 1.29 is 22.7 Å². The van der Waals surface area contributed by atoms with E-state index in [1.807, 2.05) is 0 Å². The molecule has 0 saturated carbocycles. The molecule has 1 N–H and O–H groups in total. The number of sulfonamides is 1. The normalized spacial score (nSPS) is 17.3. The summed E-state index contributed by atoms with van der Waals surface area (Å²) in [7, 11) is -3.57. The van der Waals surface area contributed by atoms with Gasteiger partial charge in [-0.2, -0.15) is 0 Å². The van der Waals surface area contributed by atoms with Crippen LogP contribution >= 0.6 is 0 Å². The van der Waals surface area contributed by atoms with Gasteiger partial charge >= 0.3 is 0 Å². The molecule has 7 nitrogen and oxygen atoms in total. The monoisotopic (exact) mass is 368 g/mol. The standard InChI is InChI=1S/C17H24N2O5S/c1-13(20)14-5-3-6-15(11-14)19(25(2,22)23)9-8-17(21)18-12-16-7-4-10-24-16/h3,5-6,11,16H,4,7-10,12H2,1-2H3,(H,18,21). The molecule has 25 heavy (non-hydrogen) atoms. The number of hydrogen-bond acceptors (Lipinski definition) is 5. The topological polar surface area (TPSA) is 92.8 Å². The molecule has 1 heterocycles. The molecule has 2 rings (SSSR count). The van der Waals surface area contributed by atoms with Crippen LogP contribution in [-0.2, 0) is 19.6 Å². The first-order chi connectivity index (χ1) is 11.8. The lowest BCUT2D eigenvalue weighted by Crippen LogP contribution is -2.37. The summed E-state index contributed by atoms with van der Waals surface area (Å²) in [6, 6.07) is 6.38. The Labute approximate surface area is 148 Å². The number of nitrogens with zero attached hydrogens (tertiary/aromatic N) is 1. The summed E-state index contributed by atoms with van der Waals surface area (Å²) in [6.07, 6.45) is 3.08. The number of hydrogen-bond donors (Lipinski definition) is 1. The number of anilines is 1. The van der Waals surface area contributed by atoms with E-state index in [0.717, 1.165) is 30.0 Å². The molecule has 1 aliphatic heterocycles. The highest BCUT2D eigenvalue weighted by Crippen LogP contribution is 2.20. The van der Waals surface area contributed by atoms with Gasteiger partial charge in [-0.3, -0.25) is 13.9 Å². The smallest absolute Gasteiger partial charge is 0.232 e. The molecule has 8 heteroatoms. The highest BCUT2D eigenvalue weighted by Gasteiger charge is 2.20. The zero-order chi connectivity index (χ0) is 18.4. The van der Waals surface area contributed by atoms with E-state index >= 15 is 0 Å². The van der Waals surface area contributed by atoms with Crippen LogP contribution in [0.3, 0.4) is 0 Å². The van der Waals surface area contributed by atoms with E-state index < -0.39 is 10.0 Å². The molecule has 1 unspecified atom stereocenters. The second kappa shape index (κ2) is 8.44. The first kappa shape index (κ1) is 19.4. The van der Waals surface area contributed by atoms with E-state index in [1.54, 1.807) is 18.2 Å². The van der Waals surface area contributed by atoms with Gasteiger partial charge in [0.15, 0.2) is 5.78 Å². The Morgan fingerprint density at radius 3 is 2.72 bits per heavy atom. The number of benzene rings is 1. The van der Waals surface area contributed by atoms with Crippen molar-refractivity contribution in [3.05, 3.63) is 29.8 Å². The molecular weight excluding hydrogens is 344 g/mol. The maximum Gasteiger partial charge on any atom is 0.232 e. The van der Waals surface area contributed by atoms with Crippen LogP contribution in [0.4, 0.5) is 5.69 Å². The zero-order valence-corrected chi connectivity index (χ0v) is 15.3. The van der Waals surface area contributed by atoms with E-state index in [1.165, 1.54) is 13.0 Å². The SMILES string of the molecule is CC(=O)c1cccc(N(CCC(=O)NCC2CCCO2)S(C)(=O)=O)c1. The van der Waals surface area contributed by atoms with Crippen molar-refractivity contribution >= 4 is 27.4 Å². The minimum atomic E-state index is -3.57. The molecule has 1 aliphatic rings. The van der Waals surface area contributed by atoms with E-state index in [2.05, 4.69) is 5.32 Å². The number of Topliss-reactive ketones (excluding diaryl/α,β-unsaturated/α-hetero) is 1. The summed E-state index contributed by atoms with van der Waals surface area (Å²) in [5, 5.41) is 2.77. The van der Waals surface area contributed by atoms with Crippen LogP contribution in [0.2, 0.25) is 0 Å². The maximum atomic E-state index is 12.1. The molecule has 0 spiro atoms. The Morgan fingerprint density at radius 2 is 2.12 bits per heavy atom. The molecule has 1 atom stereocenters. The molecule has 0 aliphatic carbocycles. The molecular formula is C17H24N2O5S. The van der Waals surface area contributed by atoms with E-state index in [-0.39, 0.29) is 30.8 Å². The molecule has 1 amide bonds. The van der Waals surface area contributed by atoms with Crippen molar-refractivity contribution in [3.8, 4) is 0 Å². The second-order valence-electron chi connectivity index (χ2n) is 6.13. The van der Waals surface area contributed by atoms with Crippen molar-refractivity contribution in [2.24, 2.45) is 0 Å². The molecule has 1 aromatic carbocycles. The van der Waals surface area contributed by atoms with E-state index in [9.17, 15) is 18.0 Å². The molecule has 1 saturated heterocycles. The predicted octanol–water partition coefficient (Wildman–Crippen LogP) is 1.34. The van der Waals surface area contributed by atoms with Gasteiger partial charge in [-0.25, -0.2) is 8.42 Å². The van der Waals surface area contributed by atoms with Crippen molar-refractivity contribution in [1.29, 1.82) is 0 Å². The van der Waals surface area contributed by atoms with Crippen LogP contribution in [0.15, 0.2) is 24.3 Å². The average Bonchev–Trinajstić information content (AvgIpc) is 3.05. The van der Waals surface area contributed by atoms with Gasteiger partial charge in [0.2, 0.25) is 15.9 Å². The highest BCUT2D eigenvalue weighted by atomic mass is 32.2.